The molecule has 0 heterocycles. The van der Waals surface area contributed by atoms with Gasteiger partial charge in [0, 0.05) is 16.6 Å². The summed E-state index contributed by atoms with van der Waals surface area (Å²) in [6.07, 6.45) is 5.72. The van der Waals surface area contributed by atoms with E-state index in [0.717, 1.165) is 36.3 Å². The Hall–Kier alpha value is -0.190. The van der Waals surface area contributed by atoms with Crippen LogP contribution in [0.5, 0.6) is 5.75 Å². The lowest BCUT2D eigenvalue weighted by molar-refractivity contribution is 0.313. The number of hydrogen-bond acceptors (Lipinski definition) is 3. The number of nitrogens with one attached hydrogen (secondary N) is 1. The Bertz CT molecular complexity index is 360. The molecule has 0 radical (unpaired) electrons. The molecule has 0 bridgehead atoms. The van der Waals surface area contributed by atoms with E-state index >= 15 is 0 Å². The summed E-state index contributed by atoms with van der Waals surface area (Å²) in [6, 6.07) is 6.22. The molecular weight excluding hydrogens is 322 g/mol. The Balaban J connectivity index is 2.39. The zero-order valence-corrected chi connectivity index (χ0v) is 14.3. The molecule has 0 aliphatic heterocycles. The molecule has 0 spiro atoms. The number of halogens is 1. The third kappa shape index (κ3) is 7.23. The molecule has 0 fully saturated rings. The largest absolute Gasteiger partial charge is 0.493 e. The van der Waals surface area contributed by atoms with Gasteiger partial charge in [-0.05, 0) is 56.0 Å². The smallest absolute Gasteiger partial charge is 0.123 e. The van der Waals surface area contributed by atoms with Gasteiger partial charge in [-0.2, -0.15) is 11.8 Å². The van der Waals surface area contributed by atoms with E-state index in [0.29, 0.717) is 0 Å². The summed E-state index contributed by atoms with van der Waals surface area (Å²) < 4.78 is 6.88. The van der Waals surface area contributed by atoms with Gasteiger partial charge in [0.25, 0.3) is 0 Å². The van der Waals surface area contributed by atoms with Crippen LogP contribution in [-0.4, -0.2) is 25.2 Å². The van der Waals surface area contributed by atoms with Crippen molar-refractivity contribution in [2.75, 3.05) is 25.2 Å². The van der Waals surface area contributed by atoms with Crippen molar-refractivity contribution in [1.29, 1.82) is 0 Å². The van der Waals surface area contributed by atoms with Crippen molar-refractivity contribution in [3.05, 3.63) is 28.2 Å². The Kier molecular flexibility index (Phi) is 9.39. The highest BCUT2D eigenvalue weighted by atomic mass is 79.9. The molecule has 1 aromatic carbocycles. The van der Waals surface area contributed by atoms with Gasteiger partial charge in [-0.15, -0.1) is 0 Å². The van der Waals surface area contributed by atoms with Crippen LogP contribution in [0.15, 0.2) is 22.7 Å². The van der Waals surface area contributed by atoms with Crippen LogP contribution in [0.2, 0.25) is 0 Å². The Morgan fingerprint density at radius 1 is 1.32 bits per heavy atom. The van der Waals surface area contributed by atoms with E-state index in [9.17, 15) is 0 Å². The first-order valence-electron chi connectivity index (χ1n) is 6.88. The molecule has 1 rings (SSSR count). The average molecular weight is 346 g/mol. The Morgan fingerprint density at radius 3 is 2.89 bits per heavy atom. The summed E-state index contributed by atoms with van der Waals surface area (Å²) >= 11 is 5.44. The van der Waals surface area contributed by atoms with Gasteiger partial charge in [-0.25, -0.2) is 0 Å². The second-order valence-electron chi connectivity index (χ2n) is 4.48. The van der Waals surface area contributed by atoms with Crippen LogP contribution in [0.3, 0.4) is 0 Å². The van der Waals surface area contributed by atoms with Gasteiger partial charge in [0.1, 0.15) is 5.75 Å². The topological polar surface area (TPSA) is 21.3 Å². The molecule has 108 valence electrons. The summed E-state index contributed by atoms with van der Waals surface area (Å²) in [5.74, 6) is 2.25. The third-order valence-corrected chi connectivity index (χ3v) is 3.94. The van der Waals surface area contributed by atoms with Crippen molar-refractivity contribution in [2.45, 2.75) is 32.7 Å². The van der Waals surface area contributed by atoms with Crippen molar-refractivity contribution in [1.82, 2.24) is 5.32 Å². The van der Waals surface area contributed by atoms with Gasteiger partial charge < -0.3 is 10.1 Å². The molecule has 0 aliphatic carbocycles. The summed E-state index contributed by atoms with van der Waals surface area (Å²) in [4.78, 5) is 0. The van der Waals surface area contributed by atoms with E-state index in [2.05, 4.69) is 40.5 Å². The van der Waals surface area contributed by atoms with Crippen LogP contribution in [0, 0.1) is 0 Å². The number of hydrogen-bond donors (Lipinski definition) is 1. The molecule has 4 heteroatoms. The lowest BCUT2D eigenvalue weighted by atomic mass is 10.2. The normalized spacial score (nSPS) is 10.7. The highest BCUT2D eigenvalue weighted by molar-refractivity contribution is 9.10. The fourth-order valence-corrected chi connectivity index (χ4v) is 2.66. The number of rotatable bonds is 10. The first kappa shape index (κ1) is 16.9. The summed E-state index contributed by atoms with van der Waals surface area (Å²) in [5.41, 5.74) is 1.23. The maximum atomic E-state index is 5.77. The highest BCUT2D eigenvalue weighted by Crippen LogP contribution is 2.23. The molecule has 0 saturated heterocycles. The summed E-state index contributed by atoms with van der Waals surface area (Å²) in [6.45, 7) is 4.85. The Labute approximate surface area is 129 Å². The molecule has 0 atom stereocenters. The van der Waals surface area contributed by atoms with Crippen LogP contribution in [0.25, 0.3) is 0 Å². The minimum Gasteiger partial charge on any atom is -0.493 e. The number of benzene rings is 1. The standard InChI is InChI=1S/C15H24BrNOS/c1-3-9-18-15-7-6-14(16)11-13(15)12-17-8-4-5-10-19-2/h6-7,11,17H,3-5,8-10,12H2,1-2H3. The summed E-state index contributed by atoms with van der Waals surface area (Å²) in [5, 5.41) is 3.49. The lowest BCUT2D eigenvalue weighted by Gasteiger charge is -2.12. The number of ether oxygens (including phenoxy) is 1. The van der Waals surface area contributed by atoms with Crippen LogP contribution in [-0.2, 0) is 6.54 Å². The minimum absolute atomic E-state index is 0.780. The fourth-order valence-electron chi connectivity index (χ4n) is 1.76. The fraction of sp³-hybridized carbons (Fsp3) is 0.600. The predicted octanol–water partition coefficient (Wildman–Crippen LogP) is 4.47. The summed E-state index contributed by atoms with van der Waals surface area (Å²) in [7, 11) is 0. The highest BCUT2D eigenvalue weighted by Gasteiger charge is 2.04. The van der Waals surface area contributed by atoms with Gasteiger partial charge in [0.2, 0.25) is 0 Å². The second-order valence-corrected chi connectivity index (χ2v) is 6.38. The van der Waals surface area contributed by atoms with Crippen molar-refractivity contribution >= 4 is 27.7 Å². The van der Waals surface area contributed by atoms with E-state index in [1.54, 1.807) is 0 Å². The van der Waals surface area contributed by atoms with E-state index in [4.69, 9.17) is 4.74 Å². The molecule has 0 unspecified atom stereocenters. The monoisotopic (exact) mass is 345 g/mol. The van der Waals surface area contributed by atoms with E-state index in [1.807, 2.05) is 23.9 Å². The molecule has 2 nitrogen and oxygen atoms in total. The second kappa shape index (κ2) is 10.6. The predicted molar refractivity (Wildman–Crippen MR) is 89.3 cm³/mol. The molecule has 1 N–H and O–H groups in total. The minimum atomic E-state index is 0.780. The number of unbranched alkanes of at least 4 members (excludes halogenated alkanes) is 1. The van der Waals surface area contributed by atoms with Crippen LogP contribution < -0.4 is 10.1 Å². The first-order chi connectivity index (χ1) is 9.27. The van der Waals surface area contributed by atoms with Crippen molar-refractivity contribution in [3.63, 3.8) is 0 Å². The van der Waals surface area contributed by atoms with Gasteiger partial charge >= 0.3 is 0 Å². The van der Waals surface area contributed by atoms with Crippen LogP contribution >= 0.6 is 27.7 Å². The third-order valence-electron chi connectivity index (χ3n) is 2.75. The molecule has 0 amide bonds. The molecule has 0 aromatic heterocycles. The molecular formula is C15H24BrNOS. The van der Waals surface area contributed by atoms with E-state index in [-0.39, 0.29) is 0 Å². The van der Waals surface area contributed by atoms with Crippen molar-refractivity contribution < 1.29 is 4.74 Å². The van der Waals surface area contributed by atoms with Gasteiger partial charge in [0.05, 0.1) is 6.61 Å². The zero-order chi connectivity index (χ0) is 13.9. The van der Waals surface area contributed by atoms with Gasteiger partial charge in [-0.3, -0.25) is 0 Å². The van der Waals surface area contributed by atoms with Gasteiger partial charge in [-0.1, -0.05) is 22.9 Å². The van der Waals surface area contributed by atoms with E-state index in [1.165, 1.54) is 24.2 Å². The maximum Gasteiger partial charge on any atom is 0.123 e. The van der Waals surface area contributed by atoms with Crippen molar-refractivity contribution in [2.24, 2.45) is 0 Å². The molecule has 19 heavy (non-hydrogen) atoms. The van der Waals surface area contributed by atoms with Crippen LogP contribution in [0.1, 0.15) is 31.7 Å². The number of thioether (sulfide) groups is 1. The average Bonchev–Trinajstić information content (AvgIpc) is 2.42. The van der Waals surface area contributed by atoms with Crippen LogP contribution in [0.4, 0.5) is 0 Å². The first-order valence-corrected chi connectivity index (χ1v) is 9.07. The lowest BCUT2D eigenvalue weighted by Crippen LogP contribution is -2.15. The maximum absolute atomic E-state index is 5.77. The molecule has 0 saturated carbocycles. The molecule has 1 aromatic rings. The van der Waals surface area contributed by atoms with Gasteiger partial charge in [0.15, 0.2) is 0 Å². The van der Waals surface area contributed by atoms with Crippen molar-refractivity contribution in [3.8, 4) is 5.75 Å². The quantitative estimate of drug-likeness (QED) is 0.632. The zero-order valence-electron chi connectivity index (χ0n) is 11.9. The SMILES string of the molecule is CCCOc1ccc(Br)cc1CNCCCCSC. The molecule has 0 aliphatic rings. The van der Waals surface area contributed by atoms with E-state index < -0.39 is 0 Å². The Morgan fingerprint density at radius 2 is 2.16 bits per heavy atom.